The second-order valence-electron chi connectivity index (χ2n) is 4.88. The highest BCUT2D eigenvalue weighted by atomic mass is 32.2. The number of aromatic nitrogens is 2. The standard InChI is InChI=1S/C15H29N3S/c1-5-15(6-2)18-10-9-13(17-18)11-14(16-7-3)12-19-8-4/h9-10,14-16H,5-8,11-12H2,1-4H3. The van der Waals surface area contributed by atoms with Crippen molar-refractivity contribution >= 4 is 11.8 Å². The van der Waals surface area contributed by atoms with E-state index in [2.05, 4.69) is 50.0 Å². The molecule has 1 unspecified atom stereocenters. The van der Waals surface area contributed by atoms with Crippen LogP contribution in [0.1, 0.15) is 52.3 Å². The van der Waals surface area contributed by atoms with Gasteiger partial charge in [-0.1, -0.05) is 27.7 Å². The fraction of sp³-hybridized carbons (Fsp3) is 0.800. The van der Waals surface area contributed by atoms with E-state index >= 15 is 0 Å². The van der Waals surface area contributed by atoms with Gasteiger partial charge in [0.15, 0.2) is 0 Å². The van der Waals surface area contributed by atoms with Gasteiger partial charge in [0.05, 0.1) is 11.7 Å². The largest absolute Gasteiger partial charge is 0.313 e. The van der Waals surface area contributed by atoms with Crippen molar-refractivity contribution in [2.75, 3.05) is 18.1 Å². The van der Waals surface area contributed by atoms with Gasteiger partial charge in [-0.3, -0.25) is 4.68 Å². The van der Waals surface area contributed by atoms with Crippen molar-refractivity contribution in [2.45, 2.75) is 59.0 Å². The summed E-state index contributed by atoms with van der Waals surface area (Å²) in [5.41, 5.74) is 1.22. The van der Waals surface area contributed by atoms with Crippen LogP contribution in [0.3, 0.4) is 0 Å². The molecule has 19 heavy (non-hydrogen) atoms. The van der Waals surface area contributed by atoms with Gasteiger partial charge in [0, 0.05) is 24.4 Å². The molecule has 4 heteroatoms. The Morgan fingerprint density at radius 3 is 2.58 bits per heavy atom. The average molecular weight is 283 g/mol. The van der Waals surface area contributed by atoms with Crippen LogP contribution >= 0.6 is 11.8 Å². The Morgan fingerprint density at radius 1 is 1.26 bits per heavy atom. The van der Waals surface area contributed by atoms with Crippen molar-refractivity contribution in [1.29, 1.82) is 0 Å². The molecule has 0 aromatic carbocycles. The summed E-state index contributed by atoms with van der Waals surface area (Å²) in [7, 11) is 0. The maximum atomic E-state index is 4.75. The molecule has 0 aliphatic carbocycles. The van der Waals surface area contributed by atoms with Crippen LogP contribution in [0.4, 0.5) is 0 Å². The van der Waals surface area contributed by atoms with Gasteiger partial charge >= 0.3 is 0 Å². The molecular weight excluding hydrogens is 254 g/mol. The van der Waals surface area contributed by atoms with Crippen molar-refractivity contribution in [3.63, 3.8) is 0 Å². The van der Waals surface area contributed by atoms with Crippen LogP contribution in [0, 0.1) is 0 Å². The first-order valence-corrected chi connectivity index (χ1v) is 8.75. The molecule has 0 bridgehead atoms. The van der Waals surface area contributed by atoms with Crippen LogP contribution < -0.4 is 5.32 Å². The fourth-order valence-electron chi connectivity index (χ4n) is 2.34. The Morgan fingerprint density at radius 2 is 2.00 bits per heavy atom. The summed E-state index contributed by atoms with van der Waals surface area (Å²) >= 11 is 2.00. The predicted octanol–water partition coefficient (Wildman–Crippen LogP) is 3.52. The molecule has 0 saturated carbocycles. The molecular formula is C15H29N3S. The number of thioether (sulfide) groups is 1. The molecule has 0 aliphatic rings. The minimum atomic E-state index is 0.542. The predicted molar refractivity (Wildman–Crippen MR) is 86.0 cm³/mol. The minimum absolute atomic E-state index is 0.542. The van der Waals surface area contributed by atoms with Gasteiger partial charge in [-0.25, -0.2) is 0 Å². The second-order valence-corrected chi connectivity index (χ2v) is 6.19. The molecule has 3 nitrogen and oxygen atoms in total. The van der Waals surface area contributed by atoms with E-state index in [9.17, 15) is 0 Å². The third-order valence-electron chi connectivity index (χ3n) is 3.45. The SMILES string of the molecule is CCNC(CSCC)Cc1ccn(C(CC)CC)n1. The number of rotatable bonds is 10. The first-order valence-electron chi connectivity index (χ1n) is 7.60. The van der Waals surface area contributed by atoms with Crippen LogP contribution in [-0.2, 0) is 6.42 Å². The molecule has 1 heterocycles. The number of nitrogens with zero attached hydrogens (tertiary/aromatic N) is 2. The maximum absolute atomic E-state index is 4.75. The number of likely N-dealkylation sites (N-methyl/N-ethyl adjacent to an activating group) is 1. The Balaban J connectivity index is 2.58. The van der Waals surface area contributed by atoms with Crippen LogP contribution in [0.2, 0.25) is 0 Å². The summed E-state index contributed by atoms with van der Waals surface area (Å²) < 4.78 is 2.14. The lowest BCUT2D eigenvalue weighted by atomic mass is 10.2. The zero-order chi connectivity index (χ0) is 14.1. The molecule has 1 atom stereocenters. The molecule has 0 aliphatic heterocycles. The number of hydrogen-bond donors (Lipinski definition) is 1. The highest BCUT2D eigenvalue weighted by Gasteiger charge is 2.12. The van der Waals surface area contributed by atoms with Gasteiger partial charge in [-0.05, 0) is 31.2 Å². The monoisotopic (exact) mass is 283 g/mol. The van der Waals surface area contributed by atoms with Crippen LogP contribution in [0.25, 0.3) is 0 Å². The van der Waals surface area contributed by atoms with Crippen LogP contribution in [0.15, 0.2) is 12.3 Å². The van der Waals surface area contributed by atoms with E-state index in [1.54, 1.807) is 0 Å². The quantitative estimate of drug-likeness (QED) is 0.712. The van der Waals surface area contributed by atoms with Gasteiger partial charge in [0.2, 0.25) is 0 Å². The zero-order valence-electron chi connectivity index (χ0n) is 12.9. The number of hydrogen-bond acceptors (Lipinski definition) is 3. The van der Waals surface area contributed by atoms with Crippen molar-refractivity contribution in [3.8, 4) is 0 Å². The summed E-state index contributed by atoms with van der Waals surface area (Å²) in [6, 6.07) is 3.27. The second kappa shape index (κ2) is 9.43. The fourth-order valence-corrected chi connectivity index (χ4v) is 3.10. The molecule has 110 valence electrons. The zero-order valence-corrected chi connectivity index (χ0v) is 13.7. The third-order valence-corrected chi connectivity index (χ3v) is 4.50. The van der Waals surface area contributed by atoms with Gasteiger partial charge in [-0.15, -0.1) is 0 Å². The topological polar surface area (TPSA) is 29.9 Å². The van der Waals surface area contributed by atoms with E-state index in [4.69, 9.17) is 5.10 Å². The number of nitrogens with one attached hydrogen (secondary N) is 1. The third kappa shape index (κ3) is 5.57. The van der Waals surface area contributed by atoms with E-state index < -0.39 is 0 Å². The van der Waals surface area contributed by atoms with E-state index in [0.717, 1.165) is 25.8 Å². The summed E-state index contributed by atoms with van der Waals surface area (Å²) in [4.78, 5) is 0. The first-order chi connectivity index (χ1) is 9.24. The summed E-state index contributed by atoms with van der Waals surface area (Å²) in [6.45, 7) is 9.88. The Labute approximate surface area is 122 Å². The van der Waals surface area contributed by atoms with Crippen LogP contribution in [-0.4, -0.2) is 33.9 Å². The van der Waals surface area contributed by atoms with Gasteiger partial charge in [-0.2, -0.15) is 16.9 Å². The van der Waals surface area contributed by atoms with E-state index in [1.807, 2.05) is 11.8 Å². The van der Waals surface area contributed by atoms with E-state index in [-0.39, 0.29) is 0 Å². The lowest BCUT2D eigenvalue weighted by Crippen LogP contribution is -2.33. The molecule has 0 saturated heterocycles. The van der Waals surface area contributed by atoms with E-state index in [1.165, 1.54) is 17.2 Å². The molecule has 0 radical (unpaired) electrons. The summed E-state index contributed by atoms with van der Waals surface area (Å²) in [5, 5.41) is 8.31. The Kier molecular flexibility index (Phi) is 8.22. The van der Waals surface area contributed by atoms with Gasteiger partial charge in [0.1, 0.15) is 0 Å². The minimum Gasteiger partial charge on any atom is -0.313 e. The van der Waals surface area contributed by atoms with Crippen LogP contribution in [0.5, 0.6) is 0 Å². The molecule has 1 N–H and O–H groups in total. The highest BCUT2D eigenvalue weighted by Crippen LogP contribution is 2.15. The molecule has 1 aromatic heterocycles. The van der Waals surface area contributed by atoms with Crippen molar-refractivity contribution in [3.05, 3.63) is 18.0 Å². The average Bonchev–Trinajstić information content (AvgIpc) is 2.86. The van der Waals surface area contributed by atoms with Crippen molar-refractivity contribution < 1.29 is 0 Å². The molecule has 1 rings (SSSR count). The highest BCUT2D eigenvalue weighted by molar-refractivity contribution is 7.99. The van der Waals surface area contributed by atoms with Crippen molar-refractivity contribution in [2.24, 2.45) is 0 Å². The van der Waals surface area contributed by atoms with Gasteiger partial charge in [0.25, 0.3) is 0 Å². The smallest absolute Gasteiger partial charge is 0.0640 e. The van der Waals surface area contributed by atoms with E-state index in [0.29, 0.717) is 12.1 Å². The molecule has 0 fully saturated rings. The molecule has 1 aromatic rings. The van der Waals surface area contributed by atoms with Crippen molar-refractivity contribution in [1.82, 2.24) is 15.1 Å². The molecule has 0 amide bonds. The lowest BCUT2D eigenvalue weighted by molar-refractivity contribution is 0.423. The first kappa shape index (κ1) is 16.6. The maximum Gasteiger partial charge on any atom is 0.0640 e. The Hall–Kier alpha value is -0.480. The lowest BCUT2D eigenvalue weighted by Gasteiger charge is -2.16. The van der Waals surface area contributed by atoms with Gasteiger partial charge < -0.3 is 5.32 Å². The molecule has 0 spiro atoms. The Bertz CT molecular complexity index is 334. The normalized spacial score (nSPS) is 13.1. The summed E-state index contributed by atoms with van der Waals surface area (Å²) in [5.74, 6) is 2.35. The summed E-state index contributed by atoms with van der Waals surface area (Å²) in [6.07, 6.45) is 5.48.